The van der Waals surface area contributed by atoms with E-state index >= 15 is 0 Å². The standard InChI is InChI=1S/C45H28N4S/c1-3-38-36(24-28(2)26-46)31-14-7-9-18-39(31)49(38)41-22-20-29(27-47)25-37(41)33-17-11-16-32-34-21-23-42-43(45(34)50-44(32)33)35-15-8-10-19-40(35)48(42)30-12-5-4-6-13-30/h3-25H,1H2,2H3/b28-24+. The lowest BCUT2D eigenvalue weighted by Crippen LogP contribution is -2.00. The highest BCUT2D eigenvalue weighted by atomic mass is 32.1. The van der Waals surface area contributed by atoms with Crippen LogP contribution in [0.1, 0.15) is 23.7 Å². The molecule has 9 rings (SSSR count). The highest BCUT2D eigenvalue weighted by Crippen LogP contribution is 2.47. The summed E-state index contributed by atoms with van der Waals surface area (Å²) >= 11 is 1.81. The van der Waals surface area contributed by atoms with E-state index in [-0.39, 0.29) is 0 Å². The van der Waals surface area contributed by atoms with Crippen molar-refractivity contribution in [2.75, 3.05) is 0 Å². The molecule has 0 radical (unpaired) electrons. The molecule has 9 aromatic rings. The number of hydrogen-bond donors (Lipinski definition) is 0. The van der Waals surface area contributed by atoms with Gasteiger partial charge in [0.1, 0.15) is 0 Å². The molecule has 0 amide bonds. The lowest BCUT2D eigenvalue weighted by molar-refractivity contribution is 1.11. The molecule has 0 N–H and O–H groups in total. The van der Waals surface area contributed by atoms with Gasteiger partial charge in [-0.05, 0) is 67.6 Å². The van der Waals surface area contributed by atoms with Crippen molar-refractivity contribution in [1.82, 2.24) is 9.13 Å². The molecule has 0 aliphatic heterocycles. The summed E-state index contributed by atoms with van der Waals surface area (Å²) in [5, 5.41) is 25.7. The molecule has 0 saturated carbocycles. The van der Waals surface area contributed by atoms with Gasteiger partial charge in [-0.2, -0.15) is 10.5 Å². The molecule has 0 atom stereocenters. The second-order valence-corrected chi connectivity index (χ2v) is 13.5. The Hall–Kier alpha value is -6.66. The molecule has 3 heterocycles. The Kier molecular flexibility index (Phi) is 6.78. The maximum atomic E-state index is 10.1. The summed E-state index contributed by atoms with van der Waals surface area (Å²) < 4.78 is 6.98. The third kappa shape index (κ3) is 4.28. The Morgan fingerprint density at radius 3 is 2.12 bits per heavy atom. The SMILES string of the molecule is C=Cc1c(/C=C(\C)C#N)c2ccccc2n1-c1ccc(C#N)cc1-c1cccc2c1sc1c2ccc2c1c1ccccc1n2-c1ccccc1. The smallest absolute Gasteiger partial charge is 0.0991 e. The minimum Gasteiger partial charge on any atom is -0.309 e. The first-order valence-electron chi connectivity index (χ1n) is 16.4. The normalized spacial score (nSPS) is 11.9. The minimum absolute atomic E-state index is 0.590. The number of allylic oxidation sites excluding steroid dienone is 1. The van der Waals surface area contributed by atoms with Gasteiger partial charge in [0.25, 0.3) is 0 Å². The first-order valence-corrected chi connectivity index (χ1v) is 17.2. The maximum Gasteiger partial charge on any atom is 0.0991 e. The van der Waals surface area contributed by atoms with E-state index in [1.54, 1.807) is 0 Å². The van der Waals surface area contributed by atoms with Gasteiger partial charge in [-0.1, -0.05) is 85.4 Å². The molecule has 5 heteroatoms. The Morgan fingerprint density at radius 2 is 1.36 bits per heavy atom. The summed E-state index contributed by atoms with van der Waals surface area (Å²) in [4.78, 5) is 0. The van der Waals surface area contributed by atoms with Crippen LogP contribution in [0.3, 0.4) is 0 Å². The molecule has 0 spiro atoms. The predicted molar refractivity (Wildman–Crippen MR) is 210 cm³/mol. The van der Waals surface area contributed by atoms with Crippen molar-refractivity contribution in [2.45, 2.75) is 6.92 Å². The van der Waals surface area contributed by atoms with Gasteiger partial charge in [0.05, 0.1) is 45.6 Å². The topological polar surface area (TPSA) is 57.4 Å². The van der Waals surface area contributed by atoms with Crippen LogP contribution < -0.4 is 0 Å². The van der Waals surface area contributed by atoms with Gasteiger partial charge in [-0.25, -0.2) is 0 Å². The highest BCUT2D eigenvalue weighted by Gasteiger charge is 2.22. The number of aromatic nitrogens is 2. The number of benzene rings is 6. The van der Waals surface area contributed by atoms with Gasteiger partial charge in [-0.3, -0.25) is 0 Å². The van der Waals surface area contributed by atoms with E-state index in [0.717, 1.165) is 44.7 Å². The molecule has 50 heavy (non-hydrogen) atoms. The van der Waals surface area contributed by atoms with E-state index in [0.29, 0.717) is 11.1 Å². The molecule has 4 nitrogen and oxygen atoms in total. The lowest BCUT2D eigenvalue weighted by atomic mass is 9.98. The minimum atomic E-state index is 0.590. The average molecular weight is 657 g/mol. The van der Waals surface area contributed by atoms with Crippen LogP contribution in [0.5, 0.6) is 0 Å². The van der Waals surface area contributed by atoms with Crippen LogP contribution in [0.4, 0.5) is 0 Å². The molecule has 3 aromatic heterocycles. The molecule has 0 bridgehead atoms. The van der Waals surface area contributed by atoms with Crippen molar-refractivity contribution in [1.29, 1.82) is 10.5 Å². The first kappa shape index (κ1) is 29.5. The van der Waals surface area contributed by atoms with E-state index in [9.17, 15) is 10.5 Å². The molecule has 0 saturated heterocycles. The summed E-state index contributed by atoms with van der Waals surface area (Å²) in [6.07, 6.45) is 3.79. The number of thiophene rings is 1. The van der Waals surface area contributed by atoms with Crippen molar-refractivity contribution in [3.8, 4) is 34.6 Å². The van der Waals surface area contributed by atoms with E-state index in [2.05, 4.69) is 125 Å². The number of nitriles is 2. The molecule has 0 aliphatic carbocycles. The summed E-state index contributed by atoms with van der Waals surface area (Å²) in [5.74, 6) is 0. The average Bonchev–Trinajstić information content (AvgIpc) is 3.82. The van der Waals surface area contributed by atoms with Crippen LogP contribution in [0, 0.1) is 22.7 Å². The van der Waals surface area contributed by atoms with Crippen LogP contribution in [-0.4, -0.2) is 9.13 Å². The molecule has 0 unspecified atom stereocenters. The molecule has 6 aromatic carbocycles. The number of rotatable bonds is 5. The van der Waals surface area contributed by atoms with Gasteiger partial charge in [-0.15, -0.1) is 11.3 Å². The van der Waals surface area contributed by atoms with Crippen LogP contribution in [0.15, 0.2) is 140 Å². The fourth-order valence-electron chi connectivity index (χ4n) is 7.54. The van der Waals surface area contributed by atoms with E-state index in [1.807, 2.05) is 60.7 Å². The van der Waals surface area contributed by atoms with Crippen LogP contribution >= 0.6 is 11.3 Å². The molecular weight excluding hydrogens is 629 g/mol. The van der Waals surface area contributed by atoms with E-state index < -0.39 is 0 Å². The molecular formula is C45H28N4S. The second-order valence-electron chi connectivity index (χ2n) is 12.4. The van der Waals surface area contributed by atoms with Crippen molar-refractivity contribution >= 4 is 76.4 Å². The van der Waals surface area contributed by atoms with Gasteiger partial charge < -0.3 is 9.13 Å². The van der Waals surface area contributed by atoms with E-state index in [4.69, 9.17) is 0 Å². The van der Waals surface area contributed by atoms with Gasteiger partial charge in [0.15, 0.2) is 0 Å². The Morgan fingerprint density at radius 1 is 0.660 bits per heavy atom. The second kappa shape index (κ2) is 11.5. The van der Waals surface area contributed by atoms with Crippen LogP contribution in [0.25, 0.3) is 87.5 Å². The molecule has 0 fully saturated rings. The number of para-hydroxylation sites is 3. The monoisotopic (exact) mass is 656 g/mol. The summed E-state index contributed by atoms with van der Waals surface area (Å²) in [6.45, 7) is 6.04. The third-order valence-electron chi connectivity index (χ3n) is 9.65. The molecule has 234 valence electrons. The maximum absolute atomic E-state index is 10.1. The fourth-order valence-corrected chi connectivity index (χ4v) is 8.92. The van der Waals surface area contributed by atoms with Gasteiger partial charge >= 0.3 is 0 Å². The highest BCUT2D eigenvalue weighted by molar-refractivity contribution is 7.27. The number of nitrogens with zero attached hydrogens (tertiary/aromatic N) is 4. The summed E-state index contributed by atoms with van der Waals surface area (Å²) in [5.41, 5.74) is 10.5. The number of hydrogen-bond acceptors (Lipinski definition) is 3. The zero-order valence-corrected chi connectivity index (χ0v) is 28.0. The van der Waals surface area contributed by atoms with Crippen molar-refractivity contribution in [2.24, 2.45) is 0 Å². The Labute approximate surface area is 292 Å². The molecule has 0 aliphatic rings. The quantitative estimate of drug-likeness (QED) is 0.173. The lowest BCUT2D eigenvalue weighted by Gasteiger charge is -2.16. The third-order valence-corrected chi connectivity index (χ3v) is 10.9. The van der Waals surface area contributed by atoms with Crippen LogP contribution in [-0.2, 0) is 0 Å². The zero-order valence-electron chi connectivity index (χ0n) is 27.2. The Balaban J connectivity index is 1.37. The van der Waals surface area contributed by atoms with Crippen molar-refractivity contribution < 1.29 is 0 Å². The van der Waals surface area contributed by atoms with Gasteiger partial charge in [0.2, 0.25) is 0 Å². The fraction of sp³-hybridized carbons (Fsp3) is 0.0222. The van der Waals surface area contributed by atoms with Crippen LogP contribution in [0.2, 0.25) is 0 Å². The van der Waals surface area contributed by atoms with E-state index in [1.165, 1.54) is 42.0 Å². The predicted octanol–water partition coefficient (Wildman–Crippen LogP) is 12.2. The first-order chi connectivity index (χ1) is 24.6. The zero-order chi connectivity index (χ0) is 33.9. The van der Waals surface area contributed by atoms with Crippen molar-refractivity contribution in [3.63, 3.8) is 0 Å². The summed E-state index contributed by atoms with van der Waals surface area (Å²) in [7, 11) is 0. The van der Waals surface area contributed by atoms with Crippen molar-refractivity contribution in [3.05, 3.63) is 156 Å². The number of fused-ring (bicyclic) bond motifs is 8. The largest absolute Gasteiger partial charge is 0.309 e. The Bertz CT molecular complexity index is 2970. The summed E-state index contributed by atoms with van der Waals surface area (Å²) in [6, 6.07) is 49.0. The van der Waals surface area contributed by atoms with Gasteiger partial charge in [0, 0.05) is 64.3 Å².